The number of rotatable bonds is 6. The van der Waals surface area contributed by atoms with Crippen molar-refractivity contribution < 1.29 is 25.0 Å². The molecule has 4 atom stereocenters. The van der Waals surface area contributed by atoms with Crippen molar-refractivity contribution in [3.05, 3.63) is 46.3 Å². The molecule has 0 radical (unpaired) electrons. The van der Waals surface area contributed by atoms with Crippen LogP contribution in [0.3, 0.4) is 0 Å². The number of aliphatic hydroxyl groups excluding tert-OH is 3. The van der Waals surface area contributed by atoms with Gasteiger partial charge in [0.05, 0.1) is 0 Å². The number of nitro benzene ring substituents is 1. The quantitative estimate of drug-likeness (QED) is 0.183. The van der Waals surface area contributed by atoms with Crippen LogP contribution in [0.2, 0.25) is 0 Å². The number of nitro groups is 1. The SMILES string of the molecule is Nc1nc([Se]Cc2ccc([N+](=O)[O-])cc2)c2ncn(C3OC(CO)C(O)C3O)c2n1. The second-order valence-corrected chi connectivity index (χ2v) is 8.67. The Kier molecular flexibility index (Phi) is 5.64. The molecule has 1 aliphatic heterocycles. The summed E-state index contributed by atoms with van der Waals surface area (Å²) in [6.45, 7) is -0.442. The van der Waals surface area contributed by atoms with Crippen molar-refractivity contribution in [3.8, 4) is 0 Å². The molecule has 0 spiro atoms. The normalized spacial score (nSPS) is 23.8. The Labute approximate surface area is 175 Å². The van der Waals surface area contributed by atoms with Gasteiger partial charge in [0.1, 0.15) is 0 Å². The van der Waals surface area contributed by atoms with Gasteiger partial charge in [0.15, 0.2) is 0 Å². The molecule has 158 valence electrons. The fourth-order valence-electron chi connectivity index (χ4n) is 3.17. The number of anilines is 1. The van der Waals surface area contributed by atoms with Crippen molar-refractivity contribution in [1.82, 2.24) is 19.5 Å². The molecule has 0 saturated carbocycles. The topological polar surface area (TPSA) is 183 Å². The Balaban J connectivity index is 1.60. The maximum absolute atomic E-state index is 10.8. The van der Waals surface area contributed by atoms with Crippen LogP contribution in [0.1, 0.15) is 11.8 Å². The summed E-state index contributed by atoms with van der Waals surface area (Å²) in [6, 6.07) is 6.29. The second kappa shape index (κ2) is 8.22. The van der Waals surface area contributed by atoms with E-state index >= 15 is 0 Å². The number of hydrogen-bond acceptors (Lipinski definition) is 10. The molecule has 4 rings (SSSR count). The van der Waals surface area contributed by atoms with Gasteiger partial charge in [-0.25, -0.2) is 0 Å². The number of benzene rings is 1. The molecule has 3 heterocycles. The van der Waals surface area contributed by atoms with E-state index in [0.29, 0.717) is 21.1 Å². The van der Waals surface area contributed by atoms with Crippen molar-refractivity contribution in [3.63, 3.8) is 0 Å². The number of hydrogen-bond donors (Lipinski definition) is 4. The number of ether oxygens (including phenoxy) is 1. The molecule has 3 aromatic rings. The molecule has 1 fully saturated rings. The van der Waals surface area contributed by atoms with Crippen LogP contribution in [-0.4, -0.2) is 79.6 Å². The second-order valence-electron chi connectivity index (χ2n) is 6.65. The van der Waals surface area contributed by atoms with Gasteiger partial charge in [0, 0.05) is 0 Å². The number of aromatic nitrogens is 4. The van der Waals surface area contributed by atoms with Crippen LogP contribution >= 0.6 is 0 Å². The van der Waals surface area contributed by atoms with Gasteiger partial charge in [-0.2, -0.15) is 0 Å². The van der Waals surface area contributed by atoms with E-state index in [1.807, 2.05) is 0 Å². The molecule has 5 N–H and O–H groups in total. The first kappa shape index (κ1) is 20.6. The van der Waals surface area contributed by atoms with Crippen molar-refractivity contribution in [2.24, 2.45) is 0 Å². The zero-order valence-corrected chi connectivity index (χ0v) is 17.1. The van der Waals surface area contributed by atoms with Gasteiger partial charge in [0.2, 0.25) is 0 Å². The van der Waals surface area contributed by atoms with Gasteiger partial charge in [-0.3, -0.25) is 0 Å². The van der Waals surface area contributed by atoms with E-state index in [9.17, 15) is 25.4 Å². The Morgan fingerprint density at radius 2 is 1.97 bits per heavy atom. The van der Waals surface area contributed by atoms with Crippen LogP contribution in [-0.2, 0) is 10.1 Å². The Hall–Kier alpha value is -2.67. The van der Waals surface area contributed by atoms with Gasteiger partial charge in [0.25, 0.3) is 0 Å². The zero-order chi connectivity index (χ0) is 21.4. The summed E-state index contributed by atoms with van der Waals surface area (Å²) in [4.78, 5) is 23.2. The first-order chi connectivity index (χ1) is 14.4. The third-order valence-electron chi connectivity index (χ3n) is 4.72. The molecule has 0 bridgehead atoms. The number of non-ortho nitro benzene ring substituents is 1. The van der Waals surface area contributed by atoms with E-state index in [-0.39, 0.29) is 26.6 Å². The minimum atomic E-state index is -1.27. The third kappa shape index (κ3) is 3.74. The molecule has 30 heavy (non-hydrogen) atoms. The summed E-state index contributed by atoms with van der Waals surface area (Å²) in [6.07, 6.45) is -3.00. The van der Waals surface area contributed by atoms with Crippen LogP contribution in [0.25, 0.3) is 11.2 Å². The molecule has 2 aromatic heterocycles. The number of fused-ring (bicyclic) bond motifs is 1. The van der Waals surface area contributed by atoms with Crippen molar-refractivity contribution in [1.29, 1.82) is 0 Å². The van der Waals surface area contributed by atoms with Crippen molar-refractivity contribution in [2.75, 3.05) is 12.3 Å². The van der Waals surface area contributed by atoms with Crippen LogP contribution in [0.4, 0.5) is 11.6 Å². The summed E-state index contributed by atoms with van der Waals surface area (Å²) in [5.41, 5.74) is 7.64. The molecule has 12 nitrogen and oxygen atoms in total. The molecule has 1 saturated heterocycles. The molecular formula is C17H18N6O6Se. The number of nitrogens with zero attached hydrogens (tertiary/aromatic N) is 5. The number of aliphatic hydroxyl groups is 3. The van der Waals surface area contributed by atoms with Crippen LogP contribution in [0.15, 0.2) is 30.6 Å². The molecule has 0 amide bonds. The summed E-state index contributed by atoms with van der Waals surface area (Å²) >= 11 is -0.201. The number of nitrogens with two attached hydrogens (primary N) is 1. The predicted octanol–water partition coefficient (Wildman–Crippen LogP) is -1.54. The van der Waals surface area contributed by atoms with Gasteiger partial charge in [-0.1, -0.05) is 0 Å². The van der Waals surface area contributed by atoms with E-state index < -0.39 is 36.1 Å². The van der Waals surface area contributed by atoms with E-state index in [0.717, 1.165) is 5.56 Å². The van der Waals surface area contributed by atoms with Crippen LogP contribution in [0, 0.1) is 10.1 Å². The van der Waals surface area contributed by atoms with Gasteiger partial charge < -0.3 is 0 Å². The standard InChI is InChI=1S/C17H18N6O6Se/c18-17-20-14-11(19-7-22(14)16-13(26)12(25)10(5-24)29-16)15(21-17)30-6-8-1-3-9(4-2-8)23(27)28/h1-4,7,10,12-13,16,24-26H,5-6H2,(H2,18,20,21). The molecule has 4 unspecified atom stereocenters. The average molecular weight is 481 g/mol. The molecule has 13 heteroatoms. The van der Waals surface area contributed by atoms with E-state index in [4.69, 9.17) is 10.5 Å². The summed E-state index contributed by atoms with van der Waals surface area (Å²) in [7, 11) is 0. The first-order valence-electron chi connectivity index (χ1n) is 8.87. The summed E-state index contributed by atoms with van der Waals surface area (Å²) in [5.74, 6) is 0.0246. The molecule has 1 aliphatic rings. The minimum absolute atomic E-state index is 0.0246. The average Bonchev–Trinajstić information content (AvgIpc) is 3.27. The van der Waals surface area contributed by atoms with E-state index in [1.54, 1.807) is 12.1 Å². The summed E-state index contributed by atoms with van der Waals surface area (Å²) in [5, 5.41) is 41.0. The Morgan fingerprint density at radius 3 is 2.60 bits per heavy atom. The Morgan fingerprint density at radius 1 is 1.23 bits per heavy atom. The van der Waals surface area contributed by atoms with Crippen molar-refractivity contribution >= 4 is 42.3 Å². The van der Waals surface area contributed by atoms with Crippen molar-refractivity contribution in [2.45, 2.75) is 29.9 Å². The fraction of sp³-hybridized carbons (Fsp3) is 0.353. The van der Waals surface area contributed by atoms with E-state index in [1.165, 1.54) is 23.0 Å². The van der Waals surface area contributed by atoms with Crippen LogP contribution in [0.5, 0.6) is 0 Å². The Bertz CT molecular complexity index is 1080. The van der Waals surface area contributed by atoms with E-state index in [2.05, 4.69) is 15.0 Å². The zero-order valence-electron chi connectivity index (χ0n) is 15.4. The van der Waals surface area contributed by atoms with Gasteiger partial charge in [-0.15, -0.1) is 0 Å². The van der Waals surface area contributed by atoms with Gasteiger partial charge >= 0.3 is 175 Å². The predicted molar refractivity (Wildman–Crippen MR) is 105 cm³/mol. The number of nitrogen functional groups attached to an aromatic ring is 1. The maximum atomic E-state index is 10.8. The molecule has 0 aliphatic carbocycles. The van der Waals surface area contributed by atoms with Crippen LogP contribution < -0.4 is 10.3 Å². The van der Waals surface area contributed by atoms with Gasteiger partial charge in [-0.05, 0) is 0 Å². The number of imidazole rings is 1. The molecular weight excluding hydrogens is 463 g/mol. The fourth-order valence-corrected chi connectivity index (χ4v) is 5.13. The monoisotopic (exact) mass is 482 g/mol. The summed E-state index contributed by atoms with van der Waals surface area (Å²) < 4.78 is 7.64. The molecule has 1 aromatic carbocycles. The third-order valence-corrected chi connectivity index (χ3v) is 6.89. The first-order valence-corrected chi connectivity index (χ1v) is 10.9.